The van der Waals surface area contributed by atoms with E-state index < -0.39 is 41.6 Å². The van der Waals surface area contributed by atoms with Crippen molar-refractivity contribution in [1.29, 1.82) is 0 Å². The molecule has 2 atom stereocenters. The van der Waals surface area contributed by atoms with Gasteiger partial charge in [-0.3, -0.25) is 9.59 Å². The maximum absolute atomic E-state index is 12.0. The number of hydrogen-bond acceptors (Lipinski definition) is 6. The van der Waals surface area contributed by atoms with Crippen LogP contribution in [0.15, 0.2) is 0 Å². The number of carbonyl (C=O) groups is 4. The molecule has 0 unspecified atom stereocenters. The number of hydrogen-bond donors (Lipinski definition) is 3. The summed E-state index contributed by atoms with van der Waals surface area (Å²) in [5.74, 6) is -1.71. The monoisotopic (exact) mass is 388 g/mol. The van der Waals surface area contributed by atoms with Crippen LogP contribution < -0.4 is 15.9 Å². The van der Waals surface area contributed by atoms with Gasteiger partial charge in [0.25, 0.3) is 0 Å². The van der Waals surface area contributed by atoms with Gasteiger partial charge in [-0.1, -0.05) is 6.42 Å². The van der Waals surface area contributed by atoms with Crippen molar-refractivity contribution in [3.05, 3.63) is 0 Å². The van der Waals surface area contributed by atoms with Gasteiger partial charge in [0, 0.05) is 13.0 Å². The van der Waals surface area contributed by atoms with Crippen LogP contribution in [0.25, 0.3) is 0 Å². The summed E-state index contributed by atoms with van der Waals surface area (Å²) < 4.78 is 17.4. The Labute approximate surface area is 162 Å². The first-order valence-corrected chi connectivity index (χ1v) is 9.05. The SMILES string of the molecule is [2H]N(C(=O)CCCCCNC(=O)OC(C)(C)C)[C@H](C)C(=O)N[C@@H](C)C(=O)OC. The van der Waals surface area contributed by atoms with E-state index in [-0.39, 0.29) is 6.42 Å². The Hall–Kier alpha value is -2.32. The molecule has 3 amide bonds. The molecule has 3 N–H and O–H groups in total. The van der Waals surface area contributed by atoms with Crippen molar-refractivity contribution in [2.45, 2.75) is 78.0 Å². The molecule has 0 fully saturated rings. The average molecular weight is 388 g/mol. The van der Waals surface area contributed by atoms with Crippen LogP contribution in [0.2, 0.25) is 1.41 Å². The van der Waals surface area contributed by atoms with Gasteiger partial charge in [-0.05, 0) is 47.5 Å². The molecule has 0 spiro atoms. The summed E-state index contributed by atoms with van der Waals surface area (Å²) >= 11 is 0. The summed E-state index contributed by atoms with van der Waals surface area (Å²) in [5.41, 5.74) is -0.550. The van der Waals surface area contributed by atoms with Crippen LogP contribution in [0.5, 0.6) is 0 Å². The van der Waals surface area contributed by atoms with Gasteiger partial charge in [0.15, 0.2) is 1.41 Å². The van der Waals surface area contributed by atoms with Gasteiger partial charge in [0.05, 0.1) is 7.11 Å². The molecule has 0 saturated heterocycles. The van der Waals surface area contributed by atoms with E-state index in [0.717, 1.165) is 0 Å². The van der Waals surface area contributed by atoms with Crippen molar-refractivity contribution in [2.75, 3.05) is 13.7 Å². The summed E-state index contributed by atoms with van der Waals surface area (Å²) in [6.07, 6.45) is 1.49. The van der Waals surface area contributed by atoms with Crippen molar-refractivity contribution in [1.82, 2.24) is 15.9 Å². The Morgan fingerprint density at radius 2 is 1.67 bits per heavy atom. The summed E-state index contributed by atoms with van der Waals surface area (Å²) in [6, 6.07) is -1.89. The number of ether oxygens (including phenoxy) is 2. The van der Waals surface area contributed by atoms with Crippen molar-refractivity contribution in [3.8, 4) is 0 Å². The molecule has 0 bridgehead atoms. The summed E-state index contributed by atoms with van der Waals surface area (Å²) in [7, 11) is 1.21. The molecule has 156 valence electrons. The van der Waals surface area contributed by atoms with E-state index in [2.05, 4.69) is 15.4 Å². The van der Waals surface area contributed by atoms with Crippen molar-refractivity contribution in [2.24, 2.45) is 0 Å². The van der Waals surface area contributed by atoms with Gasteiger partial charge in [-0.15, -0.1) is 0 Å². The molecule has 0 saturated carbocycles. The molecule has 0 rings (SSSR count). The van der Waals surface area contributed by atoms with Crippen LogP contribution in [0.4, 0.5) is 4.79 Å². The van der Waals surface area contributed by atoms with Crippen LogP contribution in [0, 0.1) is 0 Å². The van der Waals surface area contributed by atoms with E-state index >= 15 is 0 Å². The second kappa shape index (κ2) is 12.1. The second-order valence-electron chi connectivity index (χ2n) is 7.19. The van der Waals surface area contributed by atoms with Crippen molar-refractivity contribution in [3.63, 3.8) is 0 Å². The molecule has 0 aliphatic carbocycles. The highest BCUT2D eigenvalue weighted by atomic mass is 16.6. The maximum atomic E-state index is 12.0. The lowest BCUT2D eigenvalue weighted by atomic mass is 10.1. The molecule has 0 aliphatic rings. The number of amides is 3. The standard InChI is InChI=1S/C18H33N3O6/c1-12(15(23)21-13(2)16(24)26-6)20-14(22)10-8-7-9-11-19-17(25)27-18(3,4)5/h12-13H,7-11H2,1-6H3,(H,19,25)(H,20,22)(H,21,23)/t12-,13+/m1/s1/i/hD. The Balaban J connectivity index is 4.10. The molecule has 27 heavy (non-hydrogen) atoms. The first kappa shape index (κ1) is 22.7. The molecule has 0 aliphatic heterocycles. The van der Waals surface area contributed by atoms with Gasteiger partial charge in [-0.25, -0.2) is 9.59 Å². The number of alkyl carbamates (subject to hydrolysis) is 1. The predicted molar refractivity (Wildman–Crippen MR) is 99.9 cm³/mol. The van der Waals surface area contributed by atoms with Crippen LogP contribution in [0.1, 0.15) is 60.3 Å². The highest BCUT2D eigenvalue weighted by Crippen LogP contribution is 2.06. The fraction of sp³-hybridized carbons (Fsp3) is 0.778. The third kappa shape index (κ3) is 12.6. The van der Waals surface area contributed by atoms with E-state index in [1.54, 1.807) is 20.8 Å². The molecule has 0 heterocycles. The Morgan fingerprint density at radius 1 is 1.04 bits per heavy atom. The largest absolute Gasteiger partial charge is 0.467 e. The first-order chi connectivity index (χ1) is 12.9. The van der Waals surface area contributed by atoms with Gasteiger partial charge in [0.2, 0.25) is 11.8 Å². The Kier molecular flexibility index (Phi) is 10.2. The molecule has 9 heteroatoms. The van der Waals surface area contributed by atoms with E-state index in [4.69, 9.17) is 6.15 Å². The highest BCUT2D eigenvalue weighted by molar-refractivity contribution is 5.90. The number of rotatable bonds is 10. The second-order valence-corrected chi connectivity index (χ2v) is 7.19. The smallest absolute Gasteiger partial charge is 0.407 e. The lowest BCUT2D eigenvalue weighted by Gasteiger charge is -2.19. The number of unbranched alkanes of at least 4 members (excludes halogenated alkanes) is 2. The number of nitrogens with one attached hydrogen (secondary N) is 3. The number of esters is 1. The Morgan fingerprint density at radius 3 is 2.22 bits per heavy atom. The highest BCUT2D eigenvalue weighted by Gasteiger charge is 2.21. The minimum atomic E-state index is -1.03. The minimum absolute atomic E-state index is 0.111. The van der Waals surface area contributed by atoms with Crippen molar-refractivity contribution < 1.29 is 30.1 Å². The molecular formula is C18H33N3O6. The Bertz CT molecular complexity index is 550. The fourth-order valence-corrected chi connectivity index (χ4v) is 1.99. The van der Waals surface area contributed by atoms with Gasteiger partial charge < -0.3 is 25.4 Å². The molecular weight excluding hydrogens is 354 g/mol. The molecule has 0 aromatic heterocycles. The summed E-state index contributed by atoms with van der Waals surface area (Å²) in [5, 5.41) is 5.64. The predicted octanol–water partition coefficient (Wildman–Crippen LogP) is 1.25. The quantitative estimate of drug-likeness (QED) is 0.382. The number of carbonyl (C=O) groups excluding carboxylic acids is 4. The summed E-state index contributed by atoms with van der Waals surface area (Å²) in [6.45, 7) is 8.64. The molecule has 0 aromatic rings. The zero-order valence-corrected chi connectivity index (χ0v) is 17.1. The zero-order chi connectivity index (χ0) is 21.9. The zero-order valence-electron chi connectivity index (χ0n) is 18.1. The van der Waals surface area contributed by atoms with E-state index in [1.165, 1.54) is 21.0 Å². The normalized spacial score (nSPS) is 13.6. The lowest BCUT2D eigenvalue weighted by Crippen LogP contribution is -2.49. The topological polar surface area (TPSA) is 123 Å². The first-order valence-electron chi connectivity index (χ1n) is 9.49. The van der Waals surface area contributed by atoms with Gasteiger partial charge >= 0.3 is 12.1 Å². The molecule has 0 aromatic carbocycles. The third-order valence-corrected chi connectivity index (χ3v) is 3.37. The average Bonchev–Trinajstić information content (AvgIpc) is 2.60. The van der Waals surface area contributed by atoms with Crippen LogP contribution in [0.3, 0.4) is 0 Å². The third-order valence-electron chi connectivity index (χ3n) is 3.37. The van der Waals surface area contributed by atoms with Crippen molar-refractivity contribution >= 4 is 23.9 Å². The fourth-order valence-electron chi connectivity index (χ4n) is 1.99. The van der Waals surface area contributed by atoms with E-state index in [9.17, 15) is 19.2 Å². The number of methoxy groups -OCH3 is 1. The van der Waals surface area contributed by atoms with Gasteiger partial charge in [-0.2, -0.15) is 0 Å². The van der Waals surface area contributed by atoms with Gasteiger partial charge in [0.1, 0.15) is 17.7 Å². The van der Waals surface area contributed by atoms with E-state index in [1.807, 2.05) is 0 Å². The van der Waals surface area contributed by atoms with Crippen LogP contribution in [-0.2, 0) is 23.9 Å². The maximum Gasteiger partial charge on any atom is 0.407 e. The minimum Gasteiger partial charge on any atom is -0.467 e. The molecule has 9 nitrogen and oxygen atoms in total. The summed E-state index contributed by atoms with van der Waals surface area (Å²) in [4.78, 5) is 46.8. The molecule has 0 radical (unpaired) electrons. The van der Waals surface area contributed by atoms with Crippen LogP contribution >= 0.6 is 0 Å². The van der Waals surface area contributed by atoms with Crippen LogP contribution in [-0.4, -0.2) is 55.2 Å². The van der Waals surface area contributed by atoms with E-state index in [0.29, 0.717) is 31.1 Å². The lowest BCUT2D eigenvalue weighted by molar-refractivity contribution is -0.144.